The van der Waals surface area contributed by atoms with E-state index in [9.17, 15) is 4.79 Å². The van der Waals surface area contributed by atoms with Crippen LogP contribution >= 0.6 is 11.8 Å². The highest BCUT2D eigenvalue weighted by atomic mass is 32.2. The molecule has 1 amide bonds. The lowest BCUT2D eigenvalue weighted by Crippen LogP contribution is -2.15. The Balaban J connectivity index is 1.62. The van der Waals surface area contributed by atoms with Crippen LogP contribution in [0.3, 0.4) is 0 Å². The number of rotatable bonds is 6. The van der Waals surface area contributed by atoms with Gasteiger partial charge in [0.25, 0.3) is 0 Å². The van der Waals surface area contributed by atoms with Crippen LogP contribution in [0.25, 0.3) is 17.2 Å². The van der Waals surface area contributed by atoms with E-state index in [1.807, 2.05) is 85.1 Å². The maximum Gasteiger partial charge on any atom is 0.234 e. The number of aryl methyl sites for hydroxylation is 2. The Labute approximate surface area is 179 Å². The van der Waals surface area contributed by atoms with E-state index in [0.717, 1.165) is 28.2 Å². The molecule has 0 saturated heterocycles. The molecule has 2 heterocycles. The van der Waals surface area contributed by atoms with Crippen LogP contribution in [0.5, 0.6) is 0 Å². The van der Waals surface area contributed by atoms with E-state index >= 15 is 0 Å². The third-order valence-electron chi connectivity index (χ3n) is 4.64. The van der Waals surface area contributed by atoms with Crippen LogP contribution in [0.2, 0.25) is 0 Å². The van der Waals surface area contributed by atoms with Gasteiger partial charge in [-0.1, -0.05) is 54.2 Å². The van der Waals surface area contributed by atoms with E-state index in [4.69, 9.17) is 0 Å². The smallest absolute Gasteiger partial charge is 0.234 e. The van der Waals surface area contributed by atoms with Crippen molar-refractivity contribution in [2.24, 2.45) is 0 Å². The molecule has 1 N–H and O–H groups in total. The van der Waals surface area contributed by atoms with Crippen LogP contribution in [0, 0.1) is 13.8 Å². The summed E-state index contributed by atoms with van der Waals surface area (Å²) in [4.78, 5) is 17.0. The highest BCUT2D eigenvalue weighted by Gasteiger charge is 2.19. The minimum Gasteiger partial charge on any atom is -0.325 e. The Morgan fingerprint density at radius 3 is 2.40 bits per heavy atom. The number of hydrogen-bond acceptors (Lipinski definition) is 5. The molecule has 0 unspecified atom stereocenters. The summed E-state index contributed by atoms with van der Waals surface area (Å²) in [6.07, 6.45) is 1.73. The predicted molar refractivity (Wildman–Crippen MR) is 120 cm³/mol. The van der Waals surface area contributed by atoms with Crippen molar-refractivity contribution in [2.45, 2.75) is 19.0 Å². The first-order valence-electron chi connectivity index (χ1n) is 9.54. The summed E-state index contributed by atoms with van der Waals surface area (Å²) in [6, 6.07) is 21.4. The maximum atomic E-state index is 12.5. The van der Waals surface area contributed by atoms with Gasteiger partial charge in [0, 0.05) is 11.9 Å². The zero-order chi connectivity index (χ0) is 20.9. The number of thioether (sulfide) groups is 1. The third kappa shape index (κ3) is 4.26. The minimum absolute atomic E-state index is 0.0898. The van der Waals surface area contributed by atoms with Crippen LogP contribution in [-0.4, -0.2) is 31.4 Å². The number of anilines is 1. The Bertz CT molecular complexity index is 1170. The summed E-state index contributed by atoms with van der Waals surface area (Å²) >= 11 is 1.35. The van der Waals surface area contributed by atoms with Gasteiger partial charge in [-0.2, -0.15) is 0 Å². The Kier molecular flexibility index (Phi) is 5.90. The lowest BCUT2D eigenvalue weighted by Gasteiger charge is -2.12. The van der Waals surface area contributed by atoms with Gasteiger partial charge in [0.05, 0.1) is 11.4 Å². The molecule has 0 atom stereocenters. The average Bonchev–Trinajstić information content (AvgIpc) is 3.18. The molecule has 7 heteroatoms. The van der Waals surface area contributed by atoms with Crippen LogP contribution in [0.4, 0.5) is 5.69 Å². The van der Waals surface area contributed by atoms with E-state index in [1.54, 1.807) is 6.20 Å². The van der Waals surface area contributed by atoms with Crippen LogP contribution < -0.4 is 5.32 Å². The van der Waals surface area contributed by atoms with Crippen LogP contribution in [0.15, 0.2) is 78.1 Å². The van der Waals surface area contributed by atoms with Crippen LogP contribution in [0.1, 0.15) is 11.1 Å². The number of pyridine rings is 1. The Morgan fingerprint density at radius 1 is 0.933 bits per heavy atom. The SMILES string of the molecule is Cc1ccccc1NC(=O)CSc1nnc(-c2ccccn2)n1-c1ccccc1C. The van der Waals surface area contributed by atoms with E-state index in [2.05, 4.69) is 20.5 Å². The van der Waals surface area contributed by atoms with Crippen molar-refractivity contribution >= 4 is 23.4 Å². The summed E-state index contributed by atoms with van der Waals surface area (Å²) in [6.45, 7) is 4.01. The lowest BCUT2D eigenvalue weighted by atomic mass is 10.2. The molecule has 4 rings (SSSR count). The Hall–Kier alpha value is -3.45. The maximum absolute atomic E-state index is 12.5. The summed E-state index contributed by atoms with van der Waals surface area (Å²) in [7, 11) is 0. The molecule has 30 heavy (non-hydrogen) atoms. The number of para-hydroxylation sites is 2. The monoisotopic (exact) mass is 415 g/mol. The zero-order valence-electron chi connectivity index (χ0n) is 16.7. The standard InChI is InChI=1S/C23H21N5OS/c1-16-9-3-5-11-18(16)25-21(29)15-30-23-27-26-22(19-12-7-8-14-24-19)28(23)20-13-6-4-10-17(20)2/h3-14H,15H2,1-2H3,(H,25,29). The fourth-order valence-corrected chi connectivity index (χ4v) is 3.83. The molecule has 0 fully saturated rings. The van der Waals surface area contributed by atoms with Crippen molar-refractivity contribution < 1.29 is 4.79 Å². The predicted octanol–water partition coefficient (Wildman–Crippen LogP) is 4.68. The van der Waals surface area contributed by atoms with E-state index < -0.39 is 0 Å². The first-order valence-corrected chi connectivity index (χ1v) is 10.5. The number of aromatic nitrogens is 4. The van der Waals surface area contributed by atoms with E-state index in [0.29, 0.717) is 11.0 Å². The first-order chi connectivity index (χ1) is 14.6. The number of carbonyl (C=O) groups is 1. The van der Waals surface area contributed by atoms with E-state index in [1.165, 1.54) is 11.8 Å². The quantitative estimate of drug-likeness (QED) is 0.463. The van der Waals surface area contributed by atoms with Crippen molar-refractivity contribution in [1.29, 1.82) is 0 Å². The largest absolute Gasteiger partial charge is 0.325 e. The van der Waals surface area contributed by atoms with Gasteiger partial charge in [0.1, 0.15) is 5.69 Å². The number of benzene rings is 2. The topological polar surface area (TPSA) is 72.7 Å². The Morgan fingerprint density at radius 2 is 1.67 bits per heavy atom. The minimum atomic E-state index is -0.0898. The molecule has 150 valence electrons. The molecule has 2 aromatic carbocycles. The van der Waals surface area contributed by atoms with Crippen molar-refractivity contribution in [3.05, 3.63) is 84.1 Å². The highest BCUT2D eigenvalue weighted by Crippen LogP contribution is 2.28. The third-order valence-corrected chi connectivity index (χ3v) is 5.56. The molecule has 0 aliphatic heterocycles. The van der Waals surface area contributed by atoms with Crippen molar-refractivity contribution in [3.8, 4) is 17.2 Å². The van der Waals surface area contributed by atoms with Crippen molar-refractivity contribution in [2.75, 3.05) is 11.1 Å². The van der Waals surface area contributed by atoms with Crippen LogP contribution in [-0.2, 0) is 4.79 Å². The van der Waals surface area contributed by atoms with Gasteiger partial charge in [-0.25, -0.2) is 0 Å². The number of hydrogen-bond donors (Lipinski definition) is 1. The summed E-state index contributed by atoms with van der Waals surface area (Å²) < 4.78 is 1.96. The average molecular weight is 416 g/mol. The fraction of sp³-hybridized carbons (Fsp3) is 0.130. The molecule has 4 aromatic rings. The van der Waals surface area contributed by atoms with Crippen molar-refractivity contribution in [1.82, 2.24) is 19.7 Å². The first kappa shape index (κ1) is 19.8. The van der Waals surface area contributed by atoms with Gasteiger partial charge in [-0.05, 0) is 49.2 Å². The molecule has 2 aromatic heterocycles. The second kappa shape index (κ2) is 8.92. The van der Waals surface area contributed by atoms with Gasteiger partial charge in [-0.15, -0.1) is 10.2 Å². The molecular weight excluding hydrogens is 394 g/mol. The number of nitrogens with one attached hydrogen (secondary N) is 1. The molecule has 0 aliphatic rings. The second-order valence-corrected chi connectivity index (χ2v) is 7.74. The summed E-state index contributed by atoms with van der Waals surface area (Å²) in [5.74, 6) is 0.778. The van der Waals surface area contributed by atoms with Gasteiger partial charge < -0.3 is 5.32 Å². The van der Waals surface area contributed by atoms with Gasteiger partial charge in [0.2, 0.25) is 5.91 Å². The lowest BCUT2D eigenvalue weighted by molar-refractivity contribution is -0.113. The van der Waals surface area contributed by atoms with Crippen molar-refractivity contribution in [3.63, 3.8) is 0 Å². The molecular formula is C23H21N5OS. The molecule has 0 spiro atoms. The van der Waals surface area contributed by atoms with Gasteiger partial charge in [0.15, 0.2) is 11.0 Å². The summed E-state index contributed by atoms with van der Waals surface area (Å²) in [5, 5.41) is 12.3. The van der Waals surface area contributed by atoms with Gasteiger partial charge >= 0.3 is 0 Å². The molecule has 0 radical (unpaired) electrons. The molecule has 0 saturated carbocycles. The molecule has 0 aliphatic carbocycles. The molecule has 6 nitrogen and oxygen atoms in total. The summed E-state index contributed by atoms with van der Waals surface area (Å²) in [5.41, 5.74) is 4.61. The fourth-order valence-electron chi connectivity index (χ4n) is 3.09. The zero-order valence-corrected chi connectivity index (χ0v) is 17.6. The number of carbonyl (C=O) groups excluding carboxylic acids is 1. The highest BCUT2D eigenvalue weighted by molar-refractivity contribution is 7.99. The number of amides is 1. The number of nitrogens with zero attached hydrogens (tertiary/aromatic N) is 4. The molecule has 0 bridgehead atoms. The van der Waals surface area contributed by atoms with E-state index in [-0.39, 0.29) is 11.7 Å². The van der Waals surface area contributed by atoms with Gasteiger partial charge in [-0.3, -0.25) is 14.3 Å². The normalized spacial score (nSPS) is 10.7. The second-order valence-electron chi connectivity index (χ2n) is 6.79.